The average molecular weight is 265 g/mol. The molecule has 1 fully saturated rings. The number of halogens is 1. The summed E-state index contributed by atoms with van der Waals surface area (Å²) in [6.45, 7) is 9.71. The molecule has 19 heavy (non-hydrogen) atoms. The molecular formula is C14H21BFNO2. The van der Waals surface area contributed by atoms with Gasteiger partial charge in [-0.15, -0.1) is 0 Å². The molecule has 1 aromatic carbocycles. The summed E-state index contributed by atoms with van der Waals surface area (Å²) >= 11 is 0. The lowest BCUT2D eigenvalue weighted by Gasteiger charge is -2.32. The zero-order valence-electron chi connectivity index (χ0n) is 12.2. The van der Waals surface area contributed by atoms with E-state index < -0.39 is 24.3 Å². The Morgan fingerprint density at radius 2 is 1.68 bits per heavy atom. The van der Waals surface area contributed by atoms with Crippen LogP contribution < -0.4 is 5.73 Å². The Hall–Kier alpha value is -0.905. The van der Waals surface area contributed by atoms with E-state index in [1.54, 1.807) is 12.1 Å². The third-order valence-electron chi connectivity index (χ3n) is 4.08. The van der Waals surface area contributed by atoms with Crippen LogP contribution in [-0.2, 0) is 9.31 Å². The Morgan fingerprint density at radius 3 is 2.21 bits per heavy atom. The molecule has 0 radical (unpaired) electrons. The fourth-order valence-electron chi connectivity index (χ4n) is 2.10. The van der Waals surface area contributed by atoms with Crippen LogP contribution in [0.5, 0.6) is 0 Å². The predicted octanol–water partition coefficient (Wildman–Crippen LogP) is 2.77. The smallest absolute Gasteiger partial charge is 0.402 e. The first-order valence-electron chi connectivity index (χ1n) is 6.51. The van der Waals surface area contributed by atoms with E-state index >= 15 is 0 Å². The van der Waals surface area contributed by atoms with E-state index in [1.807, 2.05) is 34.6 Å². The maximum atomic E-state index is 13.9. The van der Waals surface area contributed by atoms with Crippen LogP contribution in [0.3, 0.4) is 0 Å². The maximum Gasteiger partial charge on any atom is 0.480 e. The molecule has 0 saturated carbocycles. The molecule has 0 bridgehead atoms. The molecule has 1 aromatic rings. The van der Waals surface area contributed by atoms with Crippen molar-refractivity contribution in [2.45, 2.75) is 51.8 Å². The third kappa shape index (κ3) is 2.55. The quantitative estimate of drug-likeness (QED) is 0.836. The Morgan fingerprint density at radius 1 is 1.16 bits per heavy atom. The monoisotopic (exact) mass is 265 g/mol. The van der Waals surface area contributed by atoms with Gasteiger partial charge in [-0.1, -0.05) is 17.7 Å². The van der Waals surface area contributed by atoms with Gasteiger partial charge in [-0.2, -0.15) is 0 Å². The molecular weight excluding hydrogens is 244 g/mol. The van der Waals surface area contributed by atoms with Crippen molar-refractivity contribution in [2.75, 3.05) is 0 Å². The lowest BCUT2D eigenvalue weighted by Crippen LogP contribution is -2.41. The molecule has 0 spiro atoms. The summed E-state index contributed by atoms with van der Waals surface area (Å²) in [5.41, 5.74) is 6.59. The van der Waals surface area contributed by atoms with Crippen molar-refractivity contribution < 1.29 is 13.7 Å². The fourth-order valence-corrected chi connectivity index (χ4v) is 2.10. The zero-order chi connectivity index (χ0) is 14.4. The topological polar surface area (TPSA) is 44.5 Å². The van der Waals surface area contributed by atoms with Gasteiger partial charge in [0.1, 0.15) is 5.82 Å². The Kier molecular flexibility index (Phi) is 3.50. The summed E-state index contributed by atoms with van der Waals surface area (Å²) in [4.78, 5) is 0. The number of aryl methyl sites for hydroxylation is 1. The molecule has 1 heterocycles. The fraction of sp³-hybridized carbons (Fsp3) is 0.571. The molecule has 0 unspecified atom stereocenters. The minimum absolute atomic E-state index is 0.326. The van der Waals surface area contributed by atoms with Gasteiger partial charge in [-0.25, -0.2) is 4.39 Å². The average Bonchev–Trinajstić information content (AvgIpc) is 2.51. The van der Waals surface area contributed by atoms with Crippen LogP contribution in [0.15, 0.2) is 18.2 Å². The zero-order valence-corrected chi connectivity index (χ0v) is 12.2. The van der Waals surface area contributed by atoms with Crippen LogP contribution >= 0.6 is 0 Å². The van der Waals surface area contributed by atoms with Crippen molar-refractivity contribution in [1.82, 2.24) is 0 Å². The number of benzene rings is 1. The van der Waals surface area contributed by atoms with Gasteiger partial charge >= 0.3 is 7.12 Å². The molecule has 2 rings (SSSR count). The lowest BCUT2D eigenvalue weighted by molar-refractivity contribution is 0.00578. The summed E-state index contributed by atoms with van der Waals surface area (Å²) in [6, 6.07) is 4.89. The molecule has 104 valence electrons. The Labute approximate surface area is 114 Å². The van der Waals surface area contributed by atoms with Gasteiger partial charge in [0.15, 0.2) is 0 Å². The summed E-state index contributed by atoms with van der Waals surface area (Å²) in [7, 11) is -0.638. The van der Waals surface area contributed by atoms with E-state index in [1.165, 1.54) is 6.07 Å². The molecule has 0 amide bonds. The van der Waals surface area contributed by atoms with Crippen LogP contribution in [0.4, 0.5) is 4.39 Å². The van der Waals surface area contributed by atoms with Crippen LogP contribution in [-0.4, -0.2) is 18.3 Å². The van der Waals surface area contributed by atoms with Gasteiger partial charge in [0, 0.05) is 5.56 Å². The normalized spacial score (nSPS) is 22.6. The molecule has 0 aliphatic carbocycles. The third-order valence-corrected chi connectivity index (χ3v) is 4.08. The summed E-state index contributed by atoms with van der Waals surface area (Å²) in [6.07, 6.45) is 0. The molecule has 1 saturated heterocycles. The highest BCUT2D eigenvalue weighted by Gasteiger charge is 2.53. The molecule has 1 aliphatic heterocycles. The van der Waals surface area contributed by atoms with Gasteiger partial charge in [0.25, 0.3) is 0 Å². The van der Waals surface area contributed by atoms with Gasteiger partial charge in [0.05, 0.1) is 17.1 Å². The first-order valence-corrected chi connectivity index (χ1v) is 6.51. The first-order chi connectivity index (χ1) is 8.64. The Balaban J connectivity index is 2.27. The van der Waals surface area contributed by atoms with Crippen LogP contribution in [0.2, 0.25) is 0 Å². The van der Waals surface area contributed by atoms with E-state index in [0.717, 1.165) is 5.56 Å². The summed E-state index contributed by atoms with van der Waals surface area (Å²) in [5.74, 6) is -0.964. The molecule has 3 nitrogen and oxygen atoms in total. The van der Waals surface area contributed by atoms with Crippen LogP contribution in [0, 0.1) is 12.7 Å². The van der Waals surface area contributed by atoms with Gasteiger partial charge in [0.2, 0.25) is 0 Å². The van der Waals surface area contributed by atoms with Crippen molar-refractivity contribution in [3.05, 3.63) is 35.1 Å². The number of hydrogen-bond acceptors (Lipinski definition) is 3. The van der Waals surface area contributed by atoms with E-state index in [-0.39, 0.29) is 5.82 Å². The molecule has 1 aliphatic rings. The van der Waals surface area contributed by atoms with Gasteiger partial charge < -0.3 is 15.0 Å². The predicted molar refractivity (Wildman–Crippen MR) is 74.1 cm³/mol. The standard InChI is InChI=1S/C14H21BFNO2/c1-9-6-7-11(16)10(8-9)12(17)15-18-13(2,3)14(4,5)19-15/h6-8,12H,17H2,1-5H3/t12-/m0/s1. The second kappa shape index (κ2) is 4.58. The van der Waals surface area contributed by atoms with Crippen LogP contribution in [0.25, 0.3) is 0 Å². The summed E-state index contributed by atoms with van der Waals surface area (Å²) in [5, 5.41) is 0. The molecule has 5 heteroatoms. The van der Waals surface area contributed by atoms with E-state index in [4.69, 9.17) is 15.0 Å². The highest BCUT2D eigenvalue weighted by Crippen LogP contribution is 2.39. The largest absolute Gasteiger partial charge is 0.480 e. The van der Waals surface area contributed by atoms with Crippen molar-refractivity contribution in [3.8, 4) is 0 Å². The highest BCUT2D eigenvalue weighted by molar-refractivity contribution is 6.47. The van der Waals surface area contributed by atoms with Crippen molar-refractivity contribution >= 4 is 7.12 Å². The van der Waals surface area contributed by atoms with Crippen molar-refractivity contribution in [2.24, 2.45) is 5.73 Å². The number of nitrogens with two attached hydrogens (primary N) is 1. The second-order valence-electron chi connectivity index (χ2n) is 6.18. The molecule has 2 N–H and O–H groups in total. The first kappa shape index (κ1) is 14.5. The van der Waals surface area contributed by atoms with Crippen molar-refractivity contribution in [3.63, 3.8) is 0 Å². The minimum Gasteiger partial charge on any atom is -0.402 e. The van der Waals surface area contributed by atoms with Crippen LogP contribution in [0.1, 0.15) is 44.8 Å². The lowest BCUT2D eigenvalue weighted by atomic mass is 9.74. The summed E-state index contributed by atoms with van der Waals surface area (Å²) < 4.78 is 25.6. The SMILES string of the molecule is Cc1ccc(F)c([C@H](N)B2OC(C)(C)C(C)(C)O2)c1. The van der Waals surface area contributed by atoms with Crippen molar-refractivity contribution in [1.29, 1.82) is 0 Å². The number of rotatable bonds is 2. The van der Waals surface area contributed by atoms with E-state index in [2.05, 4.69) is 0 Å². The second-order valence-corrected chi connectivity index (χ2v) is 6.18. The minimum atomic E-state index is -0.638. The Bertz CT molecular complexity index is 474. The van der Waals surface area contributed by atoms with E-state index in [9.17, 15) is 4.39 Å². The molecule has 1 atom stereocenters. The van der Waals surface area contributed by atoms with E-state index in [0.29, 0.717) is 5.56 Å². The van der Waals surface area contributed by atoms with Gasteiger partial charge in [-0.05, 0) is 40.7 Å². The number of hydrogen-bond donors (Lipinski definition) is 1. The molecule has 0 aromatic heterocycles. The highest BCUT2D eigenvalue weighted by atomic mass is 19.1. The maximum absolute atomic E-state index is 13.9. The van der Waals surface area contributed by atoms with Gasteiger partial charge in [-0.3, -0.25) is 0 Å².